The topological polar surface area (TPSA) is 12.2 Å². The van der Waals surface area contributed by atoms with E-state index in [1.807, 2.05) is 23.9 Å². The number of ether oxygens (including phenoxy) is 1. The average molecular weight is 332 g/mol. The molecule has 0 radical (unpaired) electrons. The van der Waals surface area contributed by atoms with Crippen molar-refractivity contribution >= 4 is 23.7 Å². The Bertz CT molecular complexity index is 885. The van der Waals surface area contributed by atoms with Gasteiger partial charge in [0.25, 0.3) is 0 Å². The zero-order chi connectivity index (χ0) is 16.4. The third kappa shape index (κ3) is 2.83. The first-order valence-corrected chi connectivity index (χ1v) is 8.90. The molecule has 3 aromatic carbocycles. The maximum absolute atomic E-state index is 5.24. The fraction of sp³-hybridized carbons (Fsp3) is 0.0952. The number of hydrogen-bond donors (Lipinski definition) is 0. The summed E-state index contributed by atoms with van der Waals surface area (Å²) in [4.78, 5) is 1.36. The van der Waals surface area contributed by atoms with Crippen LogP contribution in [-0.4, -0.2) is 23.8 Å². The monoisotopic (exact) mass is 332 g/mol. The molecular weight excluding hydrogens is 314 g/mol. The highest BCUT2D eigenvalue weighted by molar-refractivity contribution is 7.99. The van der Waals surface area contributed by atoms with Crippen LogP contribution >= 0.6 is 11.8 Å². The van der Waals surface area contributed by atoms with E-state index in [9.17, 15) is 0 Å². The van der Waals surface area contributed by atoms with Crippen LogP contribution in [0.3, 0.4) is 0 Å². The largest absolute Gasteiger partial charge is 0.497 e. The van der Waals surface area contributed by atoms with Crippen LogP contribution in [0.2, 0.25) is 0 Å². The molecule has 118 valence electrons. The normalized spacial score (nSPS) is 13.1. The molecule has 3 aromatic rings. The SMILES string of the molecule is COc1ccc([N+]2=Cc3cccc(-c4ccccc4)c3SC2)cc1. The number of hydrogen-bond acceptors (Lipinski definition) is 2. The van der Waals surface area contributed by atoms with Crippen LogP contribution in [-0.2, 0) is 0 Å². The first kappa shape index (κ1) is 15.0. The van der Waals surface area contributed by atoms with Crippen molar-refractivity contribution in [2.75, 3.05) is 13.0 Å². The summed E-state index contributed by atoms with van der Waals surface area (Å²) in [6.45, 7) is 0. The van der Waals surface area contributed by atoms with Gasteiger partial charge in [0.2, 0.25) is 5.69 Å². The standard InChI is InChI=1S/C21H18NOS/c1-23-19-12-10-18(11-13-19)22-14-17-8-5-9-20(21(17)24-15-22)16-6-3-2-4-7-16/h2-14H,15H2,1H3/q+1. The smallest absolute Gasteiger partial charge is 0.206 e. The summed E-state index contributed by atoms with van der Waals surface area (Å²) < 4.78 is 7.52. The number of rotatable bonds is 3. The quantitative estimate of drug-likeness (QED) is 0.612. The van der Waals surface area contributed by atoms with Crippen molar-refractivity contribution in [3.63, 3.8) is 0 Å². The molecule has 4 rings (SSSR count). The second-order valence-corrected chi connectivity index (χ2v) is 6.62. The van der Waals surface area contributed by atoms with E-state index in [2.05, 4.69) is 71.5 Å². The van der Waals surface area contributed by atoms with Gasteiger partial charge in [-0.05, 0) is 29.3 Å². The van der Waals surface area contributed by atoms with Crippen molar-refractivity contribution < 1.29 is 9.31 Å². The number of methoxy groups -OCH3 is 1. The van der Waals surface area contributed by atoms with Crippen molar-refractivity contribution in [3.05, 3.63) is 78.4 Å². The highest BCUT2D eigenvalue weighted by Gasteiger charge is 2.21. The highest BCUT2D eigenvalue weighted by atomic mass is 32.2. The van der Waals surface area contributed by atoms with Gasteiger partial charge in [-0.3, -0.25) is 0 Å². The number of fused-ring (bicyclic) bond motifs is 1. The lowest BCUT2D eigenvalue weighted by Crippen LogP contribution is -2.13. The van der Waals surface area contributed by atoms with Gasteiger partial charge >= 0.3 is 0 Å². The summed E-state index contributed by atoms with van der Waals surface area (Å²) in [5.74, 6) is 1.79. The Kier molecular flexibility index (Phi) is 4.09. The fourth-order valence-electron chi connectivity index (χ4n) is 2.92. The zero-order valence-electron chi connectivity index (χ0n) is 13.5. The molecule has 24 heavy (non-hydrogen) atoms. The van der Waals surface area contributed by atoms with Crippen molar-refractivity contribution in [2.24, 2.45) is 0 Å². The average Bonchev–Trinajstić information content (AvgIpc) is 2.68. The van der Waals surface area contributed by atoms with Gasteiger partial charge in [0.05, 0.1) is 12.7 Å². The maximum Gasteiger partial charge on any atom is 0.206 e. The van der Waals surface area contributed by atoms with Crippen molar-refractivity contribution in [3.8, 4) is 16.9 Å². The minimum Gasteiger partial charge on any atom is -0.497 e. The molecule has 2 nitrogen and oxygen atoms in total. The van der Waals surface area contributed by atoms with E-state index in [1.54, 1.807) is 7.11 Å². The van der Waals surface area contributed by atoms with E-state index in [0.717, 1.165) is 11.6 Å². The predicted molar refractivity (Wildman–Crippen MR) is 101 cm³/mol. The van der Waals surface area contributed by atoms with Crippen LogP contribution in [0.15, 0.2) is 77.7 Å². The highest BCUT2D eigenvalue weighted by Crippen LogP contribution is 2.37. The van der Waals surface area contributed by atoms with Crippen molar-refractivity contribution in [2.45, 2.75) is 4.90 Å². The summed E-state index contributed by atoms with van der Waals surface area (Å²) >= 11 is 1.89. The molecule has 1 heterocycles. The Morgan fingerprint density at radius 2 is 1.67 bits per heavy atom. The van der Waals surface area contributed by atoms with Crippen molar-refractivity contribution in [1.82, 2.24) is 0 Å². The summed E-state index contributed by atoms with van der Waals surface area (Å²) in [7, 11) is 1.69. The molecule has 0 spiro atoms. The van der Waals surface area contributed by atoms with Crippen LogP contribution in [0.25, 0.3) is 11.1 Å². The molecule has 0 saturated carbocycles. The minimum absolute atomic E-state index is 0.884. The third-order valence-electron chi connectivity index (χ3n) is 4.18. The molecule has 1 aliphatic rings. The number of nitrogens with zero attached hydrogens (tertiary/aromatic N) is 1. The second-order valence-electron chi connectivity index (χ2n) is 5.66. The molecule has 0 atom stereocenters. The van der Waals surface area contributed by atoms with Gasteiger partial charge < -0.3 is 4.74 Å². The van der Waals surface area contributed by atoms with Crippen LogP contribution < -0.4 is 4.74 Å². The zero-order valence-corrected chi connectivity index (χ0v) is 14.3. The molecular formula is C21H18NOS+. The van der Waals surface area contributed by atoms with Gasteiger partial charge in [0.15, 0.2) is 12.1 Å². The van der Waals surface area contributed by atoms with Gasteiger partial charge in [0.1, 0.15) is 5.75 Å². The van der Waals surface area contributed by atoms with Crippen LogP contribution in [0.4, 0.5) is 5.69 Å². The fourth-order valence-corrected chi connectivity index (χ4v) is 4.05. The van der Waals surface area contributed by atoms with E-state index in [1.165, 1.54) is 27.3 Å². The lowest BCUT2D eigenvalue weighted by Gasteiger charge is -2.15. The van der Waals surface area contributed by atoms with Crippen LogP contribution in [0.1, 0.15) is 5.56 Å². The van der Waals surface area contributed by atoms with E-state index >= 15 is 0 Å². The Morgan fingerprint density at radius 1 is 0.875 bits per heavy atom. The van der Waals surface area contributed by atoms with Gasteiger partial charge in [-0.25, -0.2) is 0 Å². The van der Waals surface area contributed by atoms with Gasteiger partial charge in [-0.15, -0.1) is 0 Å². The minimum atomic E-state index is 0.884. The molecule has 0 N–H and O–H groups in total. The Morgan fingerprint density at radius 3 is 2.42 bits per heavy atom. The lowest BCUT2D eigenvalue weighted by atomic mass is 10.0. The number of thioether (sulfide) groups is 1. The molecule has 0 saturated heterocycles. The third-order valence-corrected chi connectivity index (χ3v) is 5.33. The first-order chi connectivity index (χ1) is 11.8. The molecule has 3 heteroatoms. The molecule has 0 unspecified atom stereocenters. The van der Waals surface area contributed by atoms with E-state index in [0.29, 0.717) is 0 Å². The van der Waals surface area contributed by atoms with Crippen molar-refractivity contribution in [1.29, 1.82) is 0 Å². The molecule has 1 aliphatic heterocycles. The van der Waals surface area contributed by atoms with Gasteiger partial charge in [-0.1, -0.05) is 54.2 Å². The molecule has 0 fully saturated rings. The molecule has 0 amide bonds. The maximum atomic E-state index is 5.24. The van der Waals surface area contributed by atoms with E-state index in [4.69, 9.17) is 4.74 Å². The molecule has 0 aromatic heterocycles. The summed E-state index contributed by atoms with van der Waals surface area (Å²) in [6.07, 6.45) is 2.24. The van der Waals surface area contributed by atoms with E-state index < -0.39 is 0 Å². The summed E-state index contributed by atoms with van der Waals surface area (Å²) in [5, 5.41) is 0. The molecule has 0 aliphatic carbocycles. The van der Waals surface area contributed by atoms with Gasteiger partial charge in [-0.2, -0.15) is 4.58 Å². The van der Waals surface area contributed by atoms with Crippen LogP contribution in [0.5, 0.6) is 5.75 Å². The summed E-state index contributed by atoms with van der Waals surface area (Å²) in [5.41, 5.74) is 5.03. The number of benzene rings is 3. The lowest BCUT2D eigenvalue weighted by molar-refractivity contribution is -0.411. The molecule has 0 bridgehead atoms. The summed E-state index contributed by atoms with van der Waals surface area (Å²) in [6, 6.07) is 25.3. The second kappa shape index (κ2) is 6.54. The Balaban J connectivity index is 1.74. The Hall–Kier alpha value is -2.52. The van der Waals surface area contributed by atoms with Crippen LogP contribution in [0, 0.1) is 0 Å². The van der Waals surface area contributed by atoms with Gasteiger partial charge in [0, 0.05) is 17.0 Å². The first-order valence-electron chi connectivity index (χ1n) is 7.92. The predicted octanol–water partition coefficient (Wildman–Crippen LogP) is 5.19. The Labute approximate surface area is 146 Å². The van der Waals surface area contributed by atoms with E-state index in [-0.39, 0.29) is 0 Å².